The van der Waals surface area contributed by atoms with Crippen LogP contribution in [0, 0.1) is 19.7 Å². The fraction of sp³-hybridized carbons (Fsp3) is 0.308. The SMILES string of the molecule is Cc1ccc(F)c(C(O)c2cc(C)n(C)n2)c1. The molecule has 0 amide bonds. The molecule has 1 aromatic heterocycles. The normalized spacial score (nSPS) is 12.8. The topological polar surface area (TPSA) is 38.0 Å². The number of hydrogen-bond donors (Lipinski definition) is 1. The van der Waals surface area contributed by atoms with E-state index in [1.807, 2.05) is 13.8 Å². The van der Waals surface area contributed by atoms with Crippen molar-refractivity contribution in [3.8, 4) is 0 Å². The second-order valence-corrected chi connectivity index (χ2v) is 4.26. The van der Waals surface area contributed by atoms with Gasteiger partial charge in [-0.25, -0.2) is 4.39 Å². The smallest absolute Gasteiger partial charge is 0.129 e. The van der Waals surface area contributed by atoms with E-state index in [2.05, 4.69) is 5.10 Å². The van der Waals surface area contributed by atoms with Gasteiger partial charge in [-0.1, -0.05) is 17.7 Å². The molecule has 2 aromatic rings. The van der Waals surface area contributed by atoms with Gasteiger partial charge in [0.2, 0.25) is 0 Å². The van der Waals surface area contributed by atoms with Crippen LogP contribution in [-0.2, 0) is 7.05 Å². The van der Waals surface area contributed by atoms with Crippen LogP contribution in [0.4, 0.5) is 4.39 Å². The zero-order valence-electron chi connectivity index (χ0n) is 10.1. The maximum atomic E-state index is 13.6. The molecular weight excluding hydrogens is 219 g/mol. The van der Waals surface area contributed by atoms with Gasteiger partial charge in [0.25, 0.3) is 0 Å². The highest BCUT2D eigenvalue weighted by atomic mass is 19.1. The number of aryl methyl sites for hydroxylation is 3. The number of benzene rings is 1. The van der Waals surface area contributed by atoms with Gasteiger partial charge in [-0.3, -0.25) is 4.68 Å². The Morgan fingerprint density at radius 2 is 2.00 bits per heavy atom. The lowest BCUT2D eigenvalue weighted by molar-refractivity contribution is 0.209. The number of rotatable bonds is 2. The molecular formula is C13H15FN2O. The van der Waals surface area contributed by atoms with Crippen LogP contribution in [0.25, 0.3) is 0 Å². The van der Waals surface area contributed by atoms with Gasteiger partial charge in [-0.2, -0.15) is 5.10 Å². The number of halogens is 1. The first-order chi connectivity index (χ1) is 7.99. The molecule has 0 spiro atoms. The van der Waals surface area contributed by atoms with Crippen LogP contribution in [0.5, 0.6) is 0 Å². The van der Waals surface area contributed by atoms with Crippen molar-refractivity contribution in [3.63, 3.8) is 0 Å². The van der Waals surface area contributed by atoms with Crippen LogP contribution in [0.1, 0.15) is 28.6 Å². The van der Waals surface area contributed by atoms with Crippen LogP contribution in [0.3, 0.4) is 0 Å². The van der Waals surface area contributed by atoms with E-state index in [0.717, 1.165) is 11.3 Å². The van der Waals surface area contributed by atoms with E-state index in [1.54, 1.807) is 29.9 Å². The lowest BCUT2D eigenvalue weighted by atomic mass is 10.0. The highest BCUT2D eigenvalue weighted by Gasteiger charge is 2.18. The first kappa shape index (κ1) is 11.8. The van der Waals surface area contributed by atoms with Crippen molar-refractivity contribution in [2.75, 3.05) is 0 Å². The van der Waals surface area contributed by atoms with E-state index < -0.39 is 11.9 Å². The van der Waals surface area contributed by atoms with Crippen molar-refractivity contribution in [2.24, 2.45) is 7.05 Å². The van der Waals surface area contributed by atoms with Crippen molar-refractivity contribution < 1.29 is 9.50 Å². The van der Waals surface area contributed by atoms with Gasteiger partial charge in [-0.05, 0) is 26.0 Å². The Bertz CT molecular complexity index is 529. The average Bonchev–Trinajstić information content (AvgIpc) is 2.62. The fourth-order valence-corrected chi connectivity index (χ4v) is 1.75. The summed E-state index contributed by atoms with van der Waals surface area (Å²) in [4.78, 5) is 0. The van der Waals surface area contributed by atoms with E-state index in [-0.39, 0.29) is 5.56 Å². The molecule has 0 bridgehead atoms. The van der Waals surface area contributed by atoms with Crippen molar-refractivity contribution in [3.05, 3.63) is 52.6 Å². The molecule has 1 N–H and O–H groups in total. The molecule has 90 valence electrons. The zero-order valence-corrected chi connectivity index (χ0v) is 10.1. The summed E-state index contributed by atoms with van der Waals surface area (Å²) in [6.07, 6.45) is -1.02. The maximum absolute atomic E-state index is 13.6. The molecule has 0 fully saturated rings. The second kappa shape index (κ2) is 4.30. The Kier molecular flexibility index (Phi) is 2.98. The Hall–Kier alpha value is -1.68. The molecule has 0 aliphatic rings. The summed E-state index contributed by atoms with van der Waals surface area (Å²) in [5.74, 6) is -0.411. The van der Waals surface area contributed by atoms with Crippen LogP contribution in [0.2, 0.25) is 0 Å². The maximum Gasteiger partial charge on any atom is 0.129 e. The lowest BCUT2D eigenvalue weighted by Gasteiger charge is -2.10. The van der Waals surface area contributed by atoms with Crippen molar-refractivity contribution in [1.82, 2.24) is 9.78 Å². The number of aliphatic hydroxyl groups is 1. The molecule has 1 atom stereocenters. The first-order valence-corrected chi connectivity index (χ1v) is 5.43. The van der Waals surface area contributed by atoms with Crippen LogP contribution in [-0.4, -0.2) is 14.9 Å². The molecule has 0 aliphatic carbocycles. The minimum Gasteiger partial charge on any atom is -0.382 e. The summed E-state index contributed by atoms with van der Waals surface area (Å²) < 4.78 is 15.3. The molecule has 0 aliphatic heterocycles. The molecule has 17 heavy (non-hydrogen) atoms. The highest BCUT2D eigenvalue weighted by molar-refractivity contribution is 5.31. The van der Waals surface area contributed by atoms with E-state index >= 15 is 0 Å². The summed E-state index contributed by atoms with van der Waals surface area (Å²) in [5, 5.41) is 14.3. The van der Waals surface area contributed by atoms with Gasteiger partial charge in [0.05, 0.1) is 5.69 Å². The van der Waals surface area contributed by atoms with E-state index in [1.165, 1.54) is 6.07 Å². The van der Waals surface area contributed by atoms with Crippen LogP contribution < -0.4 is 0 Å². The highest BCUT2D eigenvalue weighted by Crippen LogP contribution is 2.24. The van der Waals surface area contributed by atoms with Crippen molar-refractivity contribution >= 4 is 0 Å². The van der Waals surface area contributed by atoms with Gasteiger partial charge in [-0.15, -0.1) is 0 Å². The Morgan fingerprint density at radius 1 is 1.29 bits per heavy atom. The monoisotopic (exact) mass is 234 g/mol. The standard InChI is InChI=1S/C13H15FN2O/c1-8-4-5-11(14)10(6-8)13(17)12-7-9(2)16(3)15-12/h4-7,13,17H,1-3H3. The molecule has 1 unspecified atom stereocenters. The molecule has 1 heterocycles. The molecule has 0 radical (unpaired) electrons. The average molecular weight is 234 g/mol. The summed E-state index contributed by atoms with van der Waals surface area (Å²) in [6, 6.07) is 6.44. The lowest BCUT2D eigenvalue weighted by Crippen LogP contribution is -2.04. The van der Waals surface area contributed by atoms with Crippen LogP contribution >= 0.6 is 0 Å². The molecule has 1 aromatic carbocycles. The third-order valence-electron chi connectivity index (χ3n) is 2.86. The van der Waals surface area contributed by atoms with Crippen molar-refractivity contribution in [1.29, 1.82) is 0 Å². The Balaban J connectivity index is 2.42. The van der Waals surface area contributed by atoms with Crippen molar-refractivity contribution in [2.45, 2.75) is 20.0 Å². The number of aliphatic hydroxyl groups excluding tert-OH is 1. The quantitative estimate of drug-likeness (QED) is 0.865. The first-order valence-electron chi connectivity index (χ1n) is 5.43. The minimum atomic E-state index is -1.02. The summed E-state index contributed by atoms with van der Waals surface area (Å²) in [7, 11) is 1.79. The number of hydrogen-bond acceptors (Lipinski definition) is 2. The van der Waals surface area contributed by atoms with Gasteiger partial charge in [0.15, 0.2) is 0 Å². The second-order valence-electron chi connectivity index (χ2n) is 4.26. The number of nitrogens with zero attached hydrogens (tertiary/aromatic N) is 2. The van der Waals surface area contributed by atoms with Crippen LogP contribution in [0.15, 0.2) is 24.3 Å². The Morgan fingerprint density at radius 3 is 2.59 bits per heavy atom. The zero-order chi connectivity index (χ0) is 12.6. The fourth-order valence-electron chi connectivity index (χ4n) is 1.75. The number of aromatic nitrogens is 2. The molecule has 4 heteroatoms. The molecule has 0 saturated carbocycles. The third kappa shape index (κ3) is 2.22. The molecule has 0 saturated heterocycles. The third-order valence-corrected chi connectivity index (χ3v) is 2.86. The molecule has 2 rings (SSSR count). The van der Waals surface area contributed by atoms with Gasteiger partial charge >= 0.3 is 0 Å². The predicted molar refractivity (Wildman–Crippen MR) is 63.1 cm³/mol. The largest absolute Gasteiger partial charge is 0.382 e. The van der Waals surface area contributed by atoms with E-state index in [0.29, 0.717) is 5.69 Å². The van der Waals surface area contributed by atoms with Gasteiger partial charge < -0.3 is 5.11 Å². The summed E-state index contributed by atoms with van der Waals surface area (Å²) >= 11 is 0. The van der Waals surface area contributed by atoms with E-state index in [4.69, 9.17) is 0 Å². The Labute approximate surface area is 99.5 Å². The minimum absolute atomic E-state index is 0.267. The summed E-state index contributed by atoms with van der Waals surface area (Å²) in [5.41, 5.74) is 2.57. The van der Waals surface area contributed by atoms with Gasteiger partial charge in [0.1, 0.15) is 11.9 Å². The molecule has 3 nitrogen and oxygen atoms in total. The summed E-state index contributed by atoms with van der Waals surface area (Å²) in [6.45, 7) is 3.75. The van der Waals surface area contributed by atoms with E-state index in [9.17, 15) is 9.50 Å². The van der Waals surface area contributed by atoms with Gasteiger partial charge in [0, 0.05) is 18.3 Å². The predicted octanol–water partition coefficient (Wildman–Crippen LogP) is 2.26.